The zero-order chi connectivity index (χ0) is 21.4. The molecule has 1 heterocycles. The first-order valence-corrected chi connectivity index (χ1v) is 10.1. The first-order valence-electron chi connectivity index (χ1n) is 9.25. The predicted octanol–water partition coefficient (Wildman–Crippen LogP) is 3.74. The monoisotopic (exact) mass is 419 g/mol. The third-order valence-corrected chi connectivity index (χ3v) is 5.46. The van der Waals surface area contributed by atoms with Crippen molar-refractivity contribution in [1.82, 2.24) is 0 Å². The molecular formula is C21H25NO6S. The number of rotatable bonds is 9. The molecule has 0 spiro atoms. The van der Waals surface area contributed by atoms with E-state index < -0.39 is 24.5 Å². The van der Waals surface area contributed by atoms with Gasteiger partial charge in [-0.3, -0.25) is 4.79 Å². The number of aryl methyl sites for hydroxylation is 1. The fraction of sp³-hybridized carbons (Fsp3) is 0.381. The molecule has 156 valence electrons. The van der Waals surface area contributed by atoms with Crippen molar-refractivity contribution in [2.75, 3.05) is 25.6 Å². The highest BCUT2D eigenvalue weighted by Gasteiger charge is 2.23. The van der Waals surface area contributed by atoms with Crippen LogP contribution >= 0.6 is 11.3 Å². The van der Waals surface area contributed by atoms with E-state index in [1.54, 1.807) is 32.2 Å². The van der Waals surface area contributed by atoms with Crippen LogP contribution in [0.4, 0.5) is 5.00 Å². The second-order valence-corrected chi connectivity index (χ2v) is 7.29. The van der Waals surface area contributed by atoms with E-state index in [0.29, 0.717) is 22.7 Å². The second-order valence-electron chi connectivity index (χ2n) is 6.19. The number of hydrogen-bond donors (Lipinski definition) is 1. The predicted molar refractivity (Wildman–Crippen MR) is 110 cm³/mol. The summed E-state index contributed by atoms with van der Waals surface area (Å²) in [5.74, 6) is -1.62. The molecule has 1 aromatic carbocycles. The molecule has 0 atom stereocenters. The lowest BCUT2D eigenvalue weighted by atomic mass is 10.1. The van der Waals surface area contributed by atoms with Crippen molar-refractivity contribution in [2.45, 2.75) is 33.8 Å². The van der Waals surface area contributed by atoms with Crippen molar-refractivity contribution in [3.05, 3.63) is 51.4 Å². The summed E-state index contributed by atoms with van der Waals surface area (Å²) in [4.78, 5) is 37.8. The second kappa shape index (κ2) is 10.7. The Hall–Kier alpha value is -2.71. The van der Waals surface area contributed by atoms with Crippen LogP contribution in [0.1, 0.15) is 50.6 Å². The Morgan fingerprint density at radius 1 is 1.10 bits per heavy atom. The quantitative estimate of drug-likeness (QED) is 0.623. The minimum absolute atomic E-state index is 0.239. The number of amides is 1. The number of ether oxygens (including phenoxy) is 3. The number of anilines is 1. The Morgan fingerprint density at radius 2 is 1.86 bits per heavy atom. The number of nitrogens with one attached hydrogen (secondary N) is 1. The molecule has 1 amide bonds. The summed E-state index contributed by atoms with van der Waals surface area (Å²) in [7, 11) is 1.57. The Kier molecular flexibility index (Phi) is 8.35. The minimum atomic E-state index is -0.611. The van der Waals surface area contributed by atoms with E-state index in [4.69, 9.17) is 14.2 Å². The fourth-order valence-corrected chi connectivity index (χ4v) is 3.92. The lowest BCUT2D eigenvalue weighted by molar-refractivity contribution is -0.119. The van der Waals surface area contributed by atoms with Crippen molar-refractivity contribution in [2.24, 2.45) is 0 Å². The van der Waals surface area contributed by atoms with Gasteiger partial charge in [0, 0.05) is 12.0 Å². The summed E-state index contributed by atoms with van der Waals surface area (Å²) in [6, 6.07) is 6.80. The van der Waals surface area contributed by atoms with E-state index >= 15 is 0 Å². The van der Waals surface area contributed by atoms with Gasteiger partial charge in [0.15, 0.2) is 6.61 Å². The SMILES string of the molecule is CCOC(=O)c1c(NC(=O)COC(=O)c2cccc(COC)c2)sc(CC)c1C. The van der Waals surface area contributed by atoms with Gasteiger partial charge in [0.25, 0.3) is 5.91 Å². The summed E-state index contributed by atoms with van der Waals surface area (Å²) in [5.41, 5.74) is 2.30. The maximum Gasteiger partial charge on any atom is 0.341 e. The van der Waals surface area contributed by atoms with Crippen LogP contribution < -0.4 is 5.32 Å². The summed E-state index contributed by atoms with van der Waals surface area (Å²) in [5, 5.41) is 3.07. The summed E-state index contributed by atoms with van der Waals surface area (Å²) in [6.45, 7) is 5.66. The van der Waals surface area contributed by atoms with Crippen molar-refractivity contribution >= 4 is 34.2 Å². The van der Waals surface area contributed by atoms with Crippen LogP contribution in [-0.4, -0.2) is 38.2 Å². The van der Waals surface area contributed by atoms with E-state index in [2.05, 4.69) is 5.32 Å². The minimum Gasteiger partial charge on any atom is -0.462 e. The normalized spacial score (nSPS) is 10.5. The standard InChI is InChI=1S/C21H25NO6S/c1-5-16-13(3)18(21(25)27-6-2)19(29-16)22-17(23)12-28-20(24)15-9-7-8-14(10-15)11-26-4/h7-10H,5-6,11-12H2,1-4H3,(H,22,23). The molecule has 8 heteroatoms. The molecule has 0 aliphatic rings. The molecular weight excluding hydrogens is 394 g/mol. The first kappa shape index (κ1) is 22.6. The molecule has 0 aliphatic carbocycles. The average Bonchev–Trinajstić information content (AvgIpc) is 3.01. The number of hydrogen-bond acceptors (Lipinski definition) is 7. The Labute approximate surface area is 174 Å². The van der Waals surface area contributed by atoms with Crippen LogP contribution in [-0.2, 0) is 32.0 Å². The van der Waals surface area contributed by atoms with Crippen LogP contribution in [0.3, 0.4) is 0 Å². The number of esters is 2. The zero-order valence-electron chi connectivity index (χ0n) is 17.0. The number of methoxy groups -OCH3 is 1. The van der Waals surface area contributed by atoms with Gasteiger partial charge >= 0.3 is 11.9 Å². The smallest absolute Gasteiger partial charge is 0.341 e. The number of benzene rings is 1. The third-order valence-electron chi connectivity index (χ3n) is 4.11. The van der Waals surface area contributed by atoms with Crippen LogP contribution in [0.2, 0.25) is 0 Å². The average molecular weight is 419 g/mol. The van der Waals surface area contributed by atoms with Gasteiger partial charge in [-0.25, -0.2) is 9.59 Å². The Balaban J connectivity index is 2.05. The lowest BCUT2D eigenvalue weighted by Crippen LogP contribution is -2.21. The molecule has 0 saturated heterocycles. The highest BCUT2D eigenvalue weighted by atomic mass is 32.1. The van der Waals surface area contributed by atoms with Crippen molar-refractivity contribution < 1.29 is 28.6 Å². The zero-order valence-corrected chi connectivity index (χ0v) is 17.8. The summed E-state index contributed by atoms with van der Waals surface area (Å²) < 4.78 is 15.2. The molecule has 2 rings (SSSR count). The lowest BCUT2D eigenvalue weighted by Gasteiger charge is -2.08. The van der Waals surface area contributed by atoms with Gasteiger partial charge < -0.3 is 19.5 Å². The van der Waals surface area contributed by atoms with Gasteiger partial charge in [0.2, 0.25) is 0 Å². The van der Waals surface area contributed by atoms with Crippen LogP contribution in [0, 0.1) is 6.92 Å². The van der Waals surface area contributed by atoms with Gasteiger partial charge in [0.05, 0.1) is 24.3 Å². The molecule has 1 aromatic heterocycles. The molecule has 0 bridgehead atoms. The maximum atomic E-state index is 12.3. The molecule has 2 aromatic rings. The van der Waals surface area contributed by atoms with Crippen LogP contribution in [0.5, 0.6) is 0 Å². The third kappa shape index (κ3) is 5.88. The molecule has 7 nitrogen and oxygen atoms in total. The highest BCUT2D eigenvalue weighted by Crippen LogP contribution is 2.34. The molecule has 0 radical (unpaired) electrons. The van der Waals surface area contributed by atoms with E-state index in [-0.39, 0.29) is 6.61 Å². The summed E-state index contributed by atoms with van der Waals surface area (Å²) in [6.07, 6.45) is 0.728. The highest BCUT2D eigenvalue weighted by molar-refractivity contribution is 7.17. The fourth-order valence-electron chi connectivity index (χ4n) is 2.77. The number of thiophene rings is 1. The molecule has 29 heavy (non-hydrogen) atoms. The molecule has 0 aliphatic heterocycles. The van der Waals surface area contributed by atoms with Crippen molar-refractivity contribution in [3.8, 4) is 0 Å². The molecule has 0 fully saturated rings. The van der Waals surface area contributed by atoms with E-state index in [9.17, 15) is 14.4 Å². The van der Waals surface area contributed by atoms with Crippen LogP contribution in [0.15, 0.2) is 24.3 Å². The largest absolute Gasteiger partial charge is 0.462 e. The van der Waals surface area contributed by atoms with Gasteiger partial charge in [-0.05, 0) is 43.5 Å². The van der Waals surface area contributed by atoms with E-state index in [1.807, 2.05) is 19.9 Å². The Morgan fingerprint density at radius 3 is 2.52 bits per heavy atom. The van der Waals surface area contributed by atoms with Gasteiger partial charge in [-0.2, -0.15) is 0 Å². The molecule has 0 unspecified atom stereocenters. The van der Waals surface area contributed by atoms with Gasteiger partial charge in [-0.1, -0.05) is 19.1 Å². The molecule has 0 saturated carbocycles. The van der Waals surface area contributed by atoms with E-state index in [0.717, 1.165) is 22.4 Å². The number of carbonyl (C=O) groups is 3. The topological polar surface area (TPSA) is 90.9 Å². The van der Waals surface area contributed by atoms with Crippen LogP contribution in [0.25, 0.3) is 0 Å². The maximum absolute atomic E-state index is 12.3. The van der Waals surface area contributed by atoms with Gasteiger partial charge in [-0.15, -0.1) is 11.3 Å². The van der Waals surface area contributed by atoms with Gasteiger partial charge in [0.1, 0.15) is 5.00 Å². The summed E-state index contributed by atoms with van der Waals surface area (Å²) >= 11 is 1.32. The van der Waals surface area contributed by atoms with E-state index in [1.165, 1.54) is 11.3 Å². The number of carbonyl (C=O) groups excluding carboxylic acids is 3. The molecule has 1 N–H and O–H groups in total. The Bertz CT molecular complexity index is 889. The first-order chi connectivity index (χ1) is 13.9. The van der Waals surface area contributed by atoms with Crippen molar-refractivity contribution in [1.29, 1.82) is 0 Å². The van der Waals surface area contributed by atoms with Crippen molar-refractivity contribution in [3.63, 3.8) is 0 Å².